The van der Waals surface area contributed by atoms with E-state index in [1.54, 1.807) is 18.9 Å². The number of morpholine rings is 1. The fourth-order valence-electron chi connectivity index (χ4n) is 1.58. The summed E-state index contributed by atoms with van der Waals surface area (Å²) >= 11 is 0. The molecule has 7 heteroatoms. The minimum absolute atomic E-state index is 0.121. The first-order valence-corrected chi connectivity index (χ1v) is 5.52. The number of rotatable bonds is 4. The Hall–Kier alpha value is -1.34. The van der Waals surface area contributed by atoms with Gasteiger partial charge in [0.25, 0.3) is 0 Å². The Morgan fingerprint density at radius 3 is 2.47 bits per heavy atom. The molecule has 0 aliphatic carbocycles. The monoisotopic (exact) mass is 245 g/mol. The van der Waals surface area contributed by atoms with Crippen molar-refractivity contribution in [1.82, 2.24) is 15.8 Å². The van der Waals surface area contributed by atoms with Crippen molar-refractivity contribution < 1.29 is 19.4 Å². The highest BCUT2D eigenvalue weighted by Crippen LogP contribution is 2.07. The molecule has 0 bridgehead atoms. The highest BCUT2D eigenvalue weighted by molar-refractivity contribution is 5.76. The van der Waals surface area contributed by atoms with Gasteiger partial charge in [0.05, 0.1) is 19.6 Å². The molecule has 0 unspecified atom stereocenters. The lowest BCUT2D eigenvalue weighted by molar-refractivity contribution is -0.138. The van der Waals surface area contributed by atoms with Crippen molar-refractivity contribution in [1.29, 1.82) is 0 Å². The number of hydrogen-bond donors (Lipinski definition) is 3. The molecule has 0 atom stereocenters. The number of hydrogen-bond acceptors (Lipinski definition) is 4. The molecule has 3 N–H and O–H groups in total. The molecular formula is C10H19N3O4. The zero-order valence-corrected chi connectivity index (χ0v) is 10.2. The number of urea groups is 1. The van der Waals surface area contributed by atoms with Gasteiger partial charge < -0.3 is 15.2 Å². The summed E-state index contributed by atoms with van der Waals surface area (Å²) in [6.45, 7) is 5.76. The zero-order valence-electron chi connectivity index (χ0n) is 10.2. The van der Waals surface area contributed by atoms with Crippen molar-refractivity contribution in [2.75, 3.05) is 26.3 Å². The molecule has 0 radical (unpaired) electrons. The first-order chi connectivity index (χ1) is 7.89. The van der Waals surface area contributed by atoms with Crippen LogP contribution in [0.3, 0.4) is 0 Å². The Morgan fingerprint density at radius 1 is 1.35 bits per heavy atom. The highest BCUT2D eigenvalue weighted by Gasteiger charge is 2.24. The van der Waals surface area contributed by atoms with E-state index in [9.17, 15) is 9.59 Å². The van der Waals surface area contributed by atoms with E-state index < -0.39 is 17.5 Å². The average molecular weight is 245 g/mol. The van der Waals surface area contributed by atoms with Crippen LogP contribution >= 0.6 is 0 Å². The van der Waals surface area contributed by atoms with Crippen molar-refractivity contribution in [2.24, 2.45) is 0 Å². The number of carbonyl (C=O) groups is 2. The summed E-state index contributed by atoms with van der Waals surface area (Å²) in [6, 6.07) is -0.391. The molecule has 1 saturated heterocycles. The predicted molar refractivity (Wildman–Crippen MR) is 60.4 cm³/mol. The van der Waals surface area contributed by atoms with E-state index in [1.165, 1.54) is 0 Å². The molecule has 98 valence electrons. The van der Waals surface area contributed by atoms with Gasteiger partial charge in [-0.15, -0.1) is 0 Å². The van der Waals surface area contributed by atoms with Gasteiger partial charge in [0.2, 0.25) is 0 Å². The van der Waals surface area contributed by atoms with Crippen LogP contribution in [-0.2, 0) is 9.53 Å². The van der Waals surface area contributed by atoms with Gasteiger partial charge in [-0.3, -0.25) is 10.2 Å². The molecule has 1 aliphatic heterocycles. The Bertz CT molecular complexity index is 287. The van der Waals surface area contributed by atoms with Crippen molar-refractivity contribution in [3.63, 3.8) is 0 Å². The highest BCUT2D eigenvalue weighted by atomic mass is 16.5. The molecular weight excluding hydrogens is 226 g/mol. The van der Waals surface area contributed by atoms with Crippen LogP contribution in [0.4, 0.5) is 4.79 Å². The molecule has 7 nitrogen and oxygen atoms in total. The lowest BCUT2D eigenvalue weighted by atomic mass is 10.0. The minimum Gasteiger partial charge on any atom is -0.481 e. The summed E-state index contributed by atoms with van der Waals surface area (Å²) in [6.07, 6.45) is -0.121. The van der Waals surface area contributed by atoms with Crippen LogP contribution in [0.2, 0.25) is 0 Å². The van der Waals surface area contributed by atoms with Crippen LogP contribution < -0.4 is 10.7 Å². The Kier molecular flexibility index (Phi) is 4.71. The minimum atomic E-state index is -0.943. The molecule has 1 fully saturated rings. The molecule has 17 heavy (non-hydrogen) atoms. The molecule has 1 heterocycles. The molecule has 0 spiro atoms. The molecule has 0 aromatic rings. The van der Waals surface area contributed by atoms with Gasteiger partial charge in [0.1, 0.15) is 0 Å². The summed E-state index contributed by atoms with van der Waals surface area (Å²) in [5.74, 6) is -0.943. The van der Waals surface area contributed by atoms with Gasteiger partial charge in [-0.25, -0.2) is 9.80 Å². The number of nitrogens with zero attached hydrogens (tertiary/aromatic N) is 1. The lowest BCUT2D eigenvalue weighted by Gasteiger charge is -2.30. The summed E-state index contributed by atoms with van der Waals surface area (Å²) in [4.78, 5) is 22.2. The van der Waals surface area contributed by atoms with Gasteiger partial charge >= 0.3 is 12.0 Å². The van der Waals surface area contributed by atoms with Gasteiger partial charge in [0.15, 0.2) is 0 Å². The average Bonchev–Trinajstić information content (AvgIpc) is 2.15. The number of aliphatic carboxylic acids is 1. The SMILES string of the molecule is CC(C)(CC(=O)O)NC(=O)NN1CCOCC1. The van der Waals surface area contributed by atoms with Crippen molar-refractivity contribution >= 4 is 12.0 Å². The number of hydrazine groups is 1. The Labute approximate surface area is 100 Å². The molecule has 1 aliphatic rings. The van der Waals surface area contributed by atoms with Crippen molar-refractivity contribution in [3.05, 3.63) is 0 Å². The summed E-state index contributed by atoms with van der Waals surface area (Å²) in [5, 5.41) is 13.1. The molecule has 0 aromatic carbocycles. The van der Waals surface area contributed by atoms with Gasteiger partial charge in [-0.05, 0) is 13.8 Å². The van der Waals surface area contributed by atoms with E-state index in [4.69, 9.17) is 9.84 Å². The fourth-order valence-corrected chi connectivity index (χ4v) is 1.58. The maximum absolute atomic E-state index is 11.6. The van der Waals surface area contributed by atoms with E-state index in [0.717, 1.165) is 0 Å². The van der Waals surface area contributed by atoms with Crippen LogP contribution in [0.5, 0.6) is 0 Å². The first-order valence-electron chi connectivity index (χ1n) is 5.52. The normalized spacial score (nSPS) is 17.5. The predicted octanol–water partition coefficient (Wildman–Crippen LogP) is -0.214. The third-order valence-electron chi connectivity index (χ3n) is 2.32. The summed E-state index contributed by atoms with van der Waals surface area (Å²) in [5.41, 5.74) is 1.88. The lowest BCUT2D eigenvalue weighted by Crippen LogP contribution is -2.56. The van der Waals surface area contributed by atoms with Crippen LogP contribution in [0.15, 0.2) is 0 Å². The molecule has 2 amide bonds. The third kappa shape index (κ3) is 5.50. The zero-order chi connectivity index (χ0) is 12.9. The smallest absolute Gasteiger partial charge is 0.329 e. The van der Waals surface area contributed by atoms with Gasteiger partial charge in [-0.1, -0.05) is 0 Å². The van der Waals surface area contributed by atoms with Crippen molar-refractivity contribution in [3.8, 4) is 0 Å². The number of nitrogens with one attached hydrogen (secondary N) is 2. The number of amides is 2. The van der Waals surface area contributed by atoms with E-state index in [-0.39, 0.29) is 6.42 Å². The largest absolute Gasteiger partial charge is 0.481 e. The first kappa shape index (κ1) is 13.7. The topological polar surface area (TPSA) is 90.9 Å². The number of carbonyl (C=O) groups excluding carboxylic acids is 1. The van der Waals surface area contributed by atoms with Crippen LogP contribution in [0.1, 0.15) is 20.3 Å². The van der Waals surface area contributed by atoms with E-state index in [0.29, 0.717) is 26.3 Å². The van der Waals surface area contributed by atoms with Crippen LogP contribution in [0, 0.1) is 0 Å². The quantitative estimate of drug-likeness (QED) is 0.637. The van der Waals surface area contributed by atoms with E-state index >= 15 is 0 Å². The molecule has 0 saturated carbocycles. The number of carboxylic acid groups (broad SMARTS) is 1. The number of ether oxygens (including phenoxy) is 1. The third-order valence-corrected chi connectivity index (χ3v) is 2.32. The Morgan fingerprint density at radius 2 is 1.94 bits per heavy atom. The van der Waals surface area contributed by atoms with E-state index in [2.05, 4.69) is 10.7 Å². The second-order valence-corrected chi connectivity index (χ2v) is 4.62. The second-order valence-electron chi connectivity index (χ2n) is 4.62. The molecule has 0 aromatic heterocycles. The molecule has 1 rings (SSSR count). The van der Waals surface area contributed by atoms with Gasteiger partial charge in [-0.2, -0.15) is 0 Å². The fraction of sp³-hybridized carbons (Fsp3) is 0.800. The Balaban J connectivity index is 2.34. The standard InChI is InChI=1S/C10H19N3O4/c1-10(2,7-8(14)15)11-9(16)12-13-3-5-17-6-4-13/h3-7H2,1-2H3,(H,14,15)(H2,11,12,16). The maximum Gasteiger partial charge on any atom is 0.329 e. The second kappa shape index (κ2) is 5.83. The maximum atomic E-state index is 11.6. The summed E-state index contributed by atoms with van der Waals surface area (Å²) in [7, 11) is 0. The van der Waals surface area contributed by atoms with Crippen molar-refractivity contribution in [2.45, 2.75) is 25.8 Å². The summed E-state index contributed by atoms with van der Waals surface area (Å²) < 4.78 is 5.14. The van der Waals surface area contributed by atoms with Crippen LogP contribution in [-0.4, -0.2) is 54.0 Å². The van der Waals surface area contributed by atoms with Gasteiger partial charge in [0, 0.05) is 18.6 Å². The van der Waals surface area contributed by atoms with E-state index in [1.807, 2.05) is 0 Å². The number of carboxylic acids is 1. The van der Waals surface area contributed by atoms with Crippen LogP contribution in [0.25, 0.3) is 0 Å².